The maximum Gasteiger partial charge on any atom is 0.222 e. The first-order valence-electron chi connectivity index (χ1n) is 7.10. The number of aryl methyl sites for hydroxylation is 3. The zero-order chi connectivity index (χ0) is 13.8. The van der Waals surface area contributed by atoms with E-state index < -0.39 is 0 Å². The van der Waals surface area contributed by atoms with Crippen molar-refractivity contribution in [2.75, 3.05) is 20.1 Å². The molecule has 1 aliphatic rings. The number of rotatable bonds is 4. The summed E-state index contributed by atoms with van der Waals surface area (Å²) in [7, 11) is 1.93. The molecule has 2 rings (SSSR count). The van der Waals surface area contributed by atoms with Gasteiger partial charge in [-0.05, 0) is 44.4 Å². The van der Waals surface area contributed by atoms with Crippen molar-refractivity contribution in [1.82, 2.24) is 10.2 Å². The summed E-state index contributed by atoms with van der Waals surface area (Å²) in [4.78, 5) is 14.1. The zero-order valence-electron chi connectivity index (χ0n) is 12.6. The molecule has 3 nitrogen and oxygen atoms in total. The molecule has 0 radical (unpaired) electrons. The van der Waals surface area contributed by atoms with Gasteiger partial charge < -0.3 is 10.2 Å². The molecule has 1 aromatic rings. The highest BCUT2D eigenvalue weighted by atomic mass is 35.5. The van der Waals surface area contributed by atoms with Gasteiger partial charge in [0, 0.05) is 26.1 Å². The van der Waals surface area contributed by atoms with Gasteiger partial charge in [0.05, 0.1) is 0 Å². The number of hydrogen-bond acceptors (Lipinski definition) is 2. The van der Waals surface area contributed by atoms with E-state index in [-0.39, 0.29) is 18.3 Å². The minimum atomic E-state index is 0. The predicted molar refractivity (Wildman–Crippen MR) is 85.5 cm³/mol. The predicted octanol–water partition coefficient (Wildman–Crippen LogP) is 2.48. The lowest BCUT2D eigenvalue weighted by atomic mass is 10.0. The van der Waals surface area contributed by atoms with E-state index in [0.717, 1.165) is 25.9 Å². The van der Waals surface area contributed by atoms with Crippen LogP contribution < -0.4 is 5.32 Å². The fourth-order valence-corrected chi connectivity index (χ4v) is 2.72. The summed E-state index contributed by atoms with van der Waals surface area (Å²) in [6.45, 7) is 6.19. The Bertz CT molecular complexity index is 456. The summed E-state index contributed by atoms with van der Waals surface area (Å²) in [6, 6.07) is 6.84. The third kappa shape index (κ3) is 4.22. The topological polar surface area (TPSA) is 32.3 Å². The summed E-state index contributed by atoms with van der Waals surface area (Å²) in [5, 5.41) is 3.30. The lowest BCUT2D eigenvalue weighted by Crippen LogP contribution is -2.38. The van der Waals surface area contributed by atoms with Gasteiger partial charge >= 0.3 is 0 Å². The molecule has 1 saturated heterocycles. The average Bonchev–Trinajstić information content (AvgIpc) is 2.90. The number of nitrogens with zero attached hydrogens (tertiary/aromatic N) is 1. The van der Waals surface area contributed by atoms with Crippen LogP contribution in [0.2, 0.25) is 0 Å². The molecule has 0 aliphatic carbocycles. The first kappa shape index (κ1) is 17.0. The Morgan fingerprint density at radius 1 is 1.40 bits per heavy atom. The molecule has 0 aromatic heterocycles. The van der Waals surface area contributed by atoms with Crippen molar-refractivity contribution < 1.29 is 4.79 Å². The molecular formula is C16H25ClN2O. The number of carbonyl (C=O) groups is 1. The van der Waals surface area contributed by atoms with E-state index in [4.69, 9.17) is 0 Å². The van der Waals surface area contributed by atoms with Gasteiger partial charge in [0.1, 0.15) is 0 Å². The number of likely N-dealkylation sites (N-methyl/N-ethyl adjacent to an activating group) is 1. The molecule has 1 aromatic carbocycles. The van der Waals surface area contributed by atoms with Gasteiger partial charge in [0.25, 0.3) is 0 Å². The van der Waals surface area contributed by atoms with Crippen LogP contribution in [0.1, 0.15) is 29.5 Å². The first-order chi connectivity index (χ1) is 9.08. The zero-order valence-corrected chi connectivity index (χ0v) is 13.4. The largest absolute Gasteiger partial charge is 0.341 e. The quantitative estimate of drug-likeness (QED) is 0.926. The molecule has 0 bridgehead atoms. The number of benzene rings is 1. The Morgan fingerprint density at radius 2 is 2.15 bits per heavy atom. The molecule has 1 atom stereocenters. The molecule has 0 spiro atoms. The van der Waals surface area contributed by atoms with Crippen LogP contribution in [0.5, 0.6) is 0 Å². The Labute approximate surface area is 128 Å². The van der Waals surface area contributed by atoms with E-state index in [2.05, 4.69) is 37.4 Å². The molecule has 1 N–H and O–H groups in total. The minimum absolute atomic E-state index is 0. The van der Waals surface area contributed by atoms with E-state index in [1.807, 2.05) is 11.9 Å². The van der Waals surface area contributed by atoms with Crippen molar-refractivity contribution >= 4 is 18.3 Å². The molecule has 20 heavy (non-hydrogen) atoms. The maximum atomic E-state index is 12.2. The lowest BCUT2D eigenvalue weighted by molar-refractivity contribution is -0.131. The first-order valence-corrected chi connectivity index (χ1v) is 7.10. The summed E-state index contributed by atoms with van der Waals surface area (Å²) in [5.74, 6) is 0.258. The number of hydrogen-bond donors (Lipinski definition) is 1. The second-order valence-electron chi connectivity index (χ2n) is 5.58. The summed E-state index contributed by atoms with van der Waals surface area (Å²) >= 11 is 0. The highest BCUT2D eigenvalue weighted by Crippen LogP contribution is 2.14. The third-order valence-electron chi connectivity index (χ3n) is 4.08. The molecule has 1 heterocycles. The summed E-state index contributed by atoms with van der Waals surface area (Å²) in [5.41, 5.74) is 3.86. The van der Waals surface area contributed by atoms with Crippen molar-refractivity contribution in [3.63, 3.8) is 0 Å². The lowest BCUT2D eigenvalue weighted by Gasteiger charge is -2.24. The maximum absolute atomic E-state index is 12.2. The Kier molecular flexibility index (Phi) is 6.50. The summed E-state index contributed by atoms with van der Waals surface area (Å²) < 4.78 is 0. The van der Waals surface area contributed by atoms with Crippen LogP contribution in [0.15, 0.2) is 18.2 Å². The molecular weight excluding hydrogens is 272 g/mol. The van der Waals surface area contributed by atoms with Gasteiger partial charge in [-0.2, -0.15) is 0 Å². The molecule has 1 unspecified atom stereocenters. The van der Waals surface area contributed by atoms with Crippen LogP contribution in [-0.2, 0) is 11.2 Å². The van der Waals surface area contributed by atoms with Crippen LogP contribution in [0.25, 0.3) is 0 Å². The van der Waals surface area contributed by atoms with Crippen LogP contribution in [-0.4, -0.2) is 37.0 Å². The molecule has 4 heteroatoms. The minimum Gasteiger partial charge on any atom is -0.341 e. The van der Waals surface area contributed by atoms with E-state index in [1.165, 1.54) is 16.7 Å². The van der Waals surface area contributed by atoms with E-state index in [0.29, 0.717) is 12.5 Å². The fraction of sp³-hybridized carbons (Fsp3) is 0.562. The monoisotopic (exact) mass is 296 g/mol. The molecule has 1 amide bonds. The van der Waals surface area contributed by atoms with E-state index in [9.17, 15) is 4.79 Å². The highest BCUT2D eigenvalue weighted by Gasteiger charge is 2.22. The van der Waals surface area contributed by atoms with Crippen molar-refractivity contribution in [2.24, 2.45) is 0 Å². The van der Waals surface area contributed by atoms with Crippen molar-refractivity contribution in [1.29, 1.82) is 0 Å². The Balaban J connectivity index is 0.00000200. The second-order valence-corrected chi connectivity index (χ2v) is 5.58. The third-order valence-corrected chi connectivity index (χ3v) is 4.08. The van der Waals surface area contributed by atoms with Gasteiger partial charge in [-0.25, -0.2) is 0 Å². The normalized spacial score (nSPS) is 17.6. The van der Waals surface area contributed by atoms with Gasteiger partial charge in [0.15, 0.2) is 0 Å². The van der Waals surface area contributed by atoms with Crippen LogP contribution in [0, 0.1) is 13.8 Å². The van der Waals surface area contributed by atoms with Gasteiger partial charge in [-0.3, -0.25) is 4.79 Å². The van der Waals surface area contributed by atoms with Gasteiger partial charge in [-0.1, -0.05) is 23.8 Å². The highest BCUT2D eigenvalue weighted by molar-refractivity contribution is 5.85. The van der Waals surface area contributed by atoms with Crippen molar-refractivity contribution in [2.45, 2.75) is 39.2 Å². The van der Waals surface area contributed by atoms with Crippen molar-refractivity contribution in [3.05, 3.63) is 34.9 Å². The number of halogens is 1. The fourth-order valence-electron chi connectivity index (χ4n) is 2.72. The van der Waals surface area contributed by atoms with Crippen LogP contribution >= 0.6 is 12.4 Å². The molecule has 0 saturated carbocycles. The standard InChI is InChI=1S/C16H24N2O.ClH/c1-12-4-5-14(13(2)10-12)6-7-16(19)18(3)15-8-9-17-11-15;/h4-5,10,15,17H,6-9,11H2,1-3H3;1H. The van der Waals surface area contributed by atoms with Crippen molar-refractivity contribution in [3.8, 4) is 0 Å². The second kappa shape index (κ2) is 7.65. The van der Waals surface area contributed by atoms with E-state index >= 15 is 0 Å². The smallest absolute Gasteiger partial charge is 0.222 e. The van der Waals surface area contributed by atoms with Gasteiger partial charge in [0.2, 0.25) is 5.91 Å². The number of amides is 1. The van der Waals surface area contributed by atoms with E-state index in [1.54, 1.807) is 0 Å². The Hall–Kier alpha value is -1.06. The molecule has 1 fully saturated rings. The van der Waals surface area contributed by atoms with Gasteiger partial charge in [-0.15, -0.1) is 12.4 Å². The van der Waals surface area contributed by atoms with Crippen LogP contribution in [0.4, 0.5) is 0 Å². The molecule has 1 aliphatic heterocycles. The van der Waals surface area contributed by atoms with Crippen LogP contribution in [0.3, 0.4) is 0 Å². The Morgan fingerprint density at radius 3 is 2.75 bits per heavy atom. The number of nitrogens with one attached hydrogen (secondary N) is 1. The molecule has 112 valence electrons. The number of carbonyl (C=O) groups excluding carboxylic acids is 1. The average molecular weight is 297 g/mol. The SMILES string of the molecule is Cc1ccc(CCC(=O)N(C)C2CCNC2)c(C)c1.Cl. The summed E-state index contributed by atoms with van der Waals surface area (Å²) in [6.07, 6.45) is 2.53.